The molecule has 1 N–H and O–H groups in total. The minimum Gasteiger partial charge on any atom is -0.337 e. The van der Waals surface area contributed by atoms with Gasteiger partial charge in [0.1, 0.15) is 10.4 Å². The molecular weight excluding hydrogens is 482 g/mol. The third-order valence-electron chi connectivity index (χ3n) is 4.50. The van der Waals surface area contributed by atoms with Gasteiger partial charge in [-0.15, -0.1) is 0 Å². The van der Waals surface area contributed by atoms with Crippen molar-refractivity contribution in [1.29, 1.82) is 0 Å². The maximum absolute atomic E-state index is 13.6. The molecule has 0 fully saturated rings. The van der Waals surface area contributed by atoms with Crippen LogP contribution in [0.2, 0.25) is 0 Å². The van der Waals surface area contributed by atoms with Gasteiger partial charge >= 0.3 is 6.18 Å². The van der Waals surface area contributed by atoms with Crippen LogP contribution in [-0.2, 0) is 0 Å². The lowest BCUT2D eigenvalue weighted by atomic mass is 10.1. The van der Waals surface area contributed by atoms with Crippen LogP contribution in [0.25, 0.3) is 16.6 Å². The Morgan fingerprint density at radius 2 is 1.77 bits per heavy atom. The molecule has 11 heteroatoms. The molecule has 0 aliphatic rings. The highest BCUT2D eigenvalue weighted by Gasteiger charge is 2.42. The molecule has 31 heavy (non-hydrogen) atoms. The second-order valence-electron chi connectivity index (χ2n) is 6.51. The van der Waals surface area contributed by atoms with Gasteiger partial charge in [-0.2, -0.15) is 18.3 Å². The number of carbonyl (C=O) groups is 1. The summed E-state index contributed by atoms with van der Waals surface area (Å²) in [6.07, 6.45) is 0.224. The number of aromatic nitrogens is 4. The summed E-state index contributed by atoms with van der Waals surface area (Å²) < 4.78 is 55.9. The summed E-state index contributed by atoms with van der Waals surface area (Å²) in [5, 5.41) is 6.48. The first-order valence-corrected chi connectivity index (χ1v) is 9.60. The molecule has 158 valence electrons. The predicted molar refractivity (Wildman–Crippen MR) is 107 cm³/mol. The van der Waals surface area contributed by atoms with Crippen molar-refractivity contribution in [1.82, 2.24) is 25.1 Å². The number of amides is 1. The molecule has 6 nitrogen and oxygen atoms in total. The molecule has 0 spiro atoms. The van der Waals surface area contributed by atoms with E-state index in [9.17, 15) is 22.4 Å². The van der Waals surface area contributed by atoms with Gasteiger partial charge in [-0.3, -0.25) is 9.78 Å². The summed E-state index contributed by atoms with van der Waals surface area (Å²) in [5.74, 6) is -1.40. The van der Waals surface area contributed by atoms with Crippen LogP contribution in [0, 0.1) is 5.82 Å². The fourth-order valence-electron chi connectivity index (χ4n) is 3.03. The molecule has 0 bridgehead atoms. The third kappa shape index (κ3) is 4.26. The molecule has 1 amide bonds. The Bertz CT molecular complexity index is 1240. The van der Waals surface area contributed by atoms with E-state index >= 15 is 0 Å². The van der Waals surface area contributed by atoms with Crippen molar-refractivity contribution in [2.75, 3.05) is 0 Å². The maximum atomic E-state index is 13.6. The van der Waals surface area contributed by atoms with E-state index in [0.717, 1.165) is 6.20 Å². The van der Waals surface area contributed by atoms with Crippen molar-refractivity contribution in [3.05, 3.63) is 82.7 Å². The number of carbonyl (C=O) groups excluding carboxylic acids is 1. The molecule has 0 radical (unpaired) electrons. The molecule has 0 saturated carbocycles. The highest BCUT2D eigenvalue weighted by atomic mass is 79.9. The van der Waals surface area contributed by atoms with Crippen LogP contribution in [0.15, 0.2) is 65.8 Å². The van der Waals surface area contributed by atoms with Crippen molar-refractivity contribution in [2.45, 2.75) is 12.2 Å². The molecular formula is C20H12BrF4N5O. The monoisotopic (exact) mass is 493 g/mol. The van der Waals surface area contributed by atoms with E-state index in [4.69, 9.17) is 0 Å². The normalized spacial score (nSPS) is 12.7. The quantitative estimate of drug-likeness (QED) is 0.329. The van der Waals surface area contributed by atoms with Crippen LogP contribution >= 0.6 is 15.9 Å². The molecule has 4 aromatic rings. The van der Waals surface area contributed by atoms with Crippen LogP contribution in [0.4, 0.5) is 17.6 Å². The molecule has 0 aliphatic heterocycles. The number of benzene rings is 1. The highest BCUT2D eigenvalue weighted by molar-refractivity contribution is 9.10. The van der Waals surface area contributed by atoms with E-state index in [-0.39, 0.29) is 11.1 Å². The van der Waals surface area contributed by atoms with Gasteiger partial charge in [-0.1, -0.05) is 6.07 Å². The summed E-state index contributed by atoms with van der Waals surface area (Å²) in [4.78, 5) is 20.5. The molecule has 3 aromatic heterocycles. The number of hydrogen-bond acceptors (Lipinski definition) is 4. The Morgan fingerprint density at radius 1 is 1.03 bits per heavy atom. The van der Waals surface area contributed by atoms with Gasteiger partial charge in [-0.25, -0.2) is 14.1 Å². The number of nitrogens with one attached hydrogen (secondary N) is 1. The summed E-state index contributed by atoms with van der Waals surface area (Å²) in [5.41, 5.74) is 0.592. The number of pyridine rings is 2. The average Bonchev–Trinajstić information content (AvgIpc) is 3.16. The lowest BCUT2D eigenvalue weighted by molar-refractivity contribution is -0.155. The van der Waals surface area contributed by atoms with Crippen molar-refractivity contribution >= 4 is 32.7 Å². The fraction of sp³-hybridized carbons (Fsp3) is 0.100. The van der Waals surface area contributed by atoms with Gasteiger partial charge < -0.3 is 5.32 Å². The largest absolute Gasteiger partial charge is 0.412 e. The molecule has 0 saturated heterocycles. The molecule has 1 aromatic carbocycles. The van der Waals surface area contributed by atoms with Crippen molar-refractivity contribution in [3.8, 4) is 5.69 Å². The van der Waals surface area contributed by atoms with E-state index in [1.807, 2.05) is 5.32 Å². The van der Waals surface area contributed by atoms with E-state index in [1.54, 1.807) is 0 Å². The smallest absolute Gasteiger partial charge is 0.337 e. The average molecular weight is 494 g/mol. The molecule has 4 rings (SSSR count). The molecule has 1 unspecified atom stereocenters. The molecule has 1 atom stereocenters. The summed E-state index contributed by atoms with van der Waals surface area (Å²) >= 11 is 3.07. The minimum atomic E-state index is -4.75. The van der Waals surface area contributed by atoms with E-state index < -0.39 is 23.9 Å². The number of halogens is 5. The van der Waals surface area contributed by atoms with E-state index in [2.05, 4.69) is 31.0 Å². The molecule has 0 aliphatic carbocycles. The topological polar surface area (TPSA) is 72.7 Å². The van der Waals surface area contributed by atoms with E-state index in [1.165, 1.54) is 59.7 Å². The SMILES string of the molecule is O=C(NC(c1ccc(Br)nc1)C(F)(F)F)c1cncc2c1cnn2-c1ccc(F)cc1. The lowest BCUT2D eigenvalue weighted by Gasteiger charge is -2.22. The van der Waals surface area contributed by atoms with Crippen LogP contribution in [-0.4, -0.2) is 31.8 Å². The zero-order chi connectivity index (χ0) is 22.2. The van der Waals surface area contributed by atoms with Crippen molar-refractivity contribution in [3.63, 3.8) is 0 Å². The summed E-state index contributed by atoms with van der Waals surface area (Å²) in [6, 6.07) is 5.77. The third-order valence-corrected chi connectivity index (χ3v) is 4.97. The number of hydrogen-bond donors (Lipinski definition) is 1. The van der Waals surface area contributed by atoms with Gasteiger partial charge in [0, 0.05) is 23.3 Å². The van der Waals surface area contributed by atoms with E-state index in [0.29, 0.717) is 21.2 Å². The summed E-state index contributed by atoms with van der Waals surface area (Å²) in [6.45, 7) is 0. The van der Waals surface area contributed by atoms with Crippen LogP contribution in [0.1, 0.15) is 22.0 Å². The lowest BCUT2D eigenvalue weighted by Crippen LogP contribution is -2.38. The van der Waals surface area contributed by atoms with Crippen LogP contribution in [0.3, 0.4) is 0 Å². The van der Waals surface area contributed by atoms with Gasteiger partial charge in [0.15, 0.2) is 6.04 Å². The second kappa shape index (κ2) is 8.06. The number of alkyl halides is 3. The number of fused-ring (bicyclic) bond motifs is 1. The van der Waals surface area contributed by atoms with Crippen LogP contribution in [0.5, 0.6) is 0 Å². The predicted octanol–water partition coefficient (Wildman–Crippen LogP) is 4.75. The fourth-order valence-corrected chi connectivity index (χ4v) is 3.27. The van der Waals surface area contributed by atoms with Gasteiger partial charge in [0.05, 0.1) is 29.2 Å². The Kier molecular flexibility index (Phi) is 5.44. The zero-order valence-electron chi connectivity index (χ0n) is 15.4. The Labute approximate surface area is 181 Å². The van der Waals surface area contributed by atoms with Gasteiger partial charge in [0.2, 0.25) is 0 Å². The Hall–Kier alpha value is -3.34. The highest BCUT2D eigenvalue weighted by Crippen LogP contribution is 2.33. The maximum Gasteiger partial charge on any atom is 0.412 e. The number of nitrogens with zero attached hydrogens (tertiary/aromatic N) is 4. The first kappa shape index (κ1) is 20.9. The Morgan fingerprint density at radius 3 is 2.42 bits per heavy atom. The van der Waals surface area contributed by atoms with Gasteiger partial charge in [-0.05, 0) is 46.3 Å². The minimum absolute atomic E-state index is 0.0785. The second-order valence-corrected chi connectivity index (χ2v) is 7.33. The van der Waals surface area contributed by atoms with Crippen LogP contribution < -0.4 is 5.32 Å². The first-order chi connectivity index (χ1) is 14.7. The summed E-state index contributed by atoms with van der Waals surface area (Å²) in [7, 11) is 0. The van der Waals surface area contributed by atoms with Crippen molar-refractivity contribution < 1.29 is 22.4 Å². The van der Waals surface area contributed by atoms with Gasteiger partial charge in [0.25, 0.3) is 5.91 Å². The number of rotatable bonds is 4. The van der Waals surface area contributed by atoms with Crippen molar-refractivity contribution in [2.24, 2.45) is 0 Å². The first-order valence-electron chi connectivity index (χ1n) is 8.81. The Balaban J connectivity index is 1.70. The zero-order valence-corrected chi connectivity index (χ0v) is 17.0. The molecule has 3 heterocycles. The standard InChI is InChI=1S/C20H12BrF4N5O/c21-17-6-1-11(7-27-17)18(20(23,24)25)29-19(31)15-8-26-10-16-14(15)9-28-30(16)13-4-2-12(22)3-5-13/h1-10,18H,(H,29,31).